The van der Waals surface area contributed by atoms with Crippen LogP contribution in [-0.2, 0) is 6.61 Å². The summed E-state index contributed by atoms with van der Waals surface area (Å²) in [5.74, 6) is 0.526. The van der Waals surface area contributed by atoms with Crippen molar-refractivity contribution in [2.45, 2.75) is 26.9 Å². The van der Waals surface area contributed by atoms with Crippen LogP contribution < -0.4 is 10.2 Å². The third-order valence-corrected chi connectivity index (χ3v) is 4.07. The summed E-state index contributed by atoms with van der Waals surface area (Å²) in [5, 5.41) is 5.07. The van der Waals surface area contributed by atoms with Crippen LogP contribution in [0, 0.1) is 0 Å². The number of amides is 1. The first-order chi connectivity index (χ1) is 12.7. The molecule has 5 nitrogen and oxygen atoms in total. The van der Waals surface area contributed by atoms with Crippen molar-refractivity contribution < 1.29 is 9.53 Å². The molecule has 5 heteroatoms. The van der Waals surface area contributed by atoms with Gasteiger partial charge in [0.15, 0.2) is 0 Å². The van der Waals surface area contributed by atoms with Crippen LogP contribution in [0.25, 0.3) is 10.9 Å². The molecule has 1 heterocycles. The lowest BCUT2D eigenvalue weighted by Crippen LogP contribution is -2.18. The zero-order valence-electron chi connectivity index (χ0n) is 14.9. The Balaban J connectivity index is 1.65. The van der Waals surface area contributed by atoms with Crippen LogP contribution in [0.2, 0.25) is 0 Å². The quantitative estimate of drug-likeness (QED) is 0.533. The van der Waals surface area contributed by atoms with Crippen LogP contribution in [0.15, 0.2) is 65.9 Å². The average molecular weight is 347 g/mol. The van der Waals surface area contributed by atoms with Gasteiger partial charge in [-0.1, -0.05) is 37.3 Å². The molecular formula is C21H21N3O2. The van der Waals surface area contributed by atoms with Crippen molar-refractivity contribution in [3.8, 4) is 5.75 Å². The minimum Gasteiger partial charge on any atom is -0.487 e. The van der Waals surface area contributed by atoms with Gasteiger partial charge in [0, 0.05) is 22.9 Å². The first kappa shape index (κ1) is 17.6. The van der Waals surface area contributed by atoms with E-state index in [1.807, 2.05) is 56.3 Å². The van der Waals surface area contributed by atoms with Crippen molar-refractivity contribution in [1.82, 2.24) is 10.4 Å². The van der Waals surface area contributed by atoms with Gasteiger partial charge in [0.05, 0.1) is 0 Å². The molecule has 2 aromatic carbocycles. The Kier molecular flexibility index (Phi) is 5.59. The molecule has 0 saturated carbocycles. The van der Waals surface area contributed by atoms with Crippen LogP contribution in [0.1, 0.15) is 36.2 Å². The fraction of sp³-hybridized carbons (Fsp3) is 0.190. The lowest BCUT2D eigenvalue weighted by molar-refractivity contribution is 0.0954. The Labute approximate surface area is 152 Å². The second kappa shape index (κ2) is 8.25. The fourth-order valence-electron chi connectivity index (χ4n) is 2.40. The second-order valence-electron chi connectivity index (χ2n) is 5.96. The number of ether oxygens (including phenoxy) is 1. The number of hydrogen-bond acceptors (Lipinski definition) is 4. The molecule has 0 aliphatic rings. The predicted octanol–water partition coefficient (Wildman–Crippen LogP) is 4.33. The van der Waals surface area contributed by atoms with E-state index in [0.29, 0.717) is 12.2 Å². The molecule has 26 heavy (non-hydrogen) atoms. The summed E-state index contributed by atoms with van der Waals surface area (Å²) in [7, 11) is 0. The standard InChI is InChI=1S/C21H21N3O2/c1-3-15(2)23-24-21(25)18-11-9-16(10-12-18)14-26-19-8-4-6-17-7-5-13-22-20(17)19/h4-13H,3,14H2,1-2H3,(H,24,25)/b23-15+. The Bertz CT molecular complexity index is 928. The van der Waals surface area contributed by atoms with E-state index >= 15 is 0 Å². The minimum absolute atomic E-state index is 0.219. The summed E-state index contributed by atoms with van der Waals surface area (Å²) >= 11 is 0. The molecule has 0 fully saturated rings. The molecular weight excluding hydrogens is 326 g/mol. The zero-order valence-corrected chi connectivity index (χ0v) is 14.9. The molecule has 132 valence electrons. The van der Waals surface area contributed by atoms with Crippen molar-refractivity contribution >= 4 is 22.5 Å². The number of carbonyl (C=O) groups is 1. The monoisotopic (exact) mass is 347 g/mol. The highest BCUT2D eigenvalue weighted by molar-refractivity contribution is 5.95. The first-order valence-electron chi connectivity index (χ1n) is 8.56. The number of nitrogens with zero attached hydrogens (tertiary/aromatic N) is 2. The molecule has 1 N–H and O–H groups in total. The molecule has 0 aliphatic heterocycles. The molecule has 0 spiro atoms. The molecule has 0 unspecified atom stereocenters. The van der Waals surface area contributed by atoms with E-state index in [4.69, 9.17) is 4.74 Å². The molecule has 3 rings (SSSR count). The van der Waals surface area contributed by atoms with Gasteiger partial charge in [-0.25, -0.2) is 5.43 Å². The number of nitrogens with one attached hydrogen (secondary N) is 1. The van der Waals surface area contributed by atoms with Crippen molar-refractivity contribution in [2.75, 3.05) is 0 Å². The van der Waals surface area contributed by atoms with Gasteiger partial charge in [0.2, 0.25) is 0 Å². The van der Waals surface area contributed by atoms with Crippen LogP contribution in [-0.4, -0.2) is 16.6 Å². The van der Waals surface area contributed by atoms with E-state index in [9.17, 15) is 4.79 Å². The van der Waals surface area contributed by atoms with Gasteiger partial charge in [0.1, 0.15) is 17.9 Å². The van der Waals surface area contributed by atoms with E-state index in [1.54, 1.807) is 18.3 Å². The number of benzene rings is 2. The summed E-state index contributed by atoms with van der Waals surface area (Å²) in [6, 6.07) is 17.1. The number of pyridine rings is 1. The summed E-state index contributed by atoms with van der Waals surface area (Å²) in [5.41, 5.74) is 5.82. The van der Waals surface area contributed by atoms with E-state index in [-0.39, 0.29) is 5.91 Å². The van der Waals surface area contributed by atoms with Gasteiger partial charge in [0.25, 0.3) is 5.91 Å². The van der Waals surface area contributed by atoms with Crippen molar-refractivity contribution in [3.05, 3.63) is 71.9 Å². The SMILES string of the molecule is CC/C(C)=N/NC(=O)c1ccc(COc2cccc3cccnc23)cc1. The van der Waals surface area contributed by atoms with Crippen molar-refractivity contribution in [2.24, 2.45) is 5.10 Å². The Morgan fingerprint density at radius 3 is 2.65 bits per heavy atom. The van der Waals surface area contributed by atoms with Gasteiger partial charge >= 0.3 is 0 Å². The molecule has 0 saturated heterocycles. The molecule has 0 aliphatic carbocycles. The highest BCUT2D eigenvalue weighted by Crippen LogP contribution is 2.23. The maximum absolute atomic E-state index is 12.0. The van der Waals surface area contributed by atoms with Gasteiger partial charge in [-0.05, 0) is 43.2 Å². The minimum atomic E-state index is -0.219. The van der Waals surface area contributed by atoms with Crippen LogP contribution in [0.4, 0.5) is 0 Å². The smallest absolute Gasteiger partial charge is 0.271 e. The number of para-hydroxylation sites is 1. The number of aromatic nitrogens is 1. The van der Waals surface area contributed by atoms with Crippen molar-refractivity contribution in [1.29, 1.82) is 0 Å². The predicted molar refractivity (Wildman–Crippen MR) is 103 cm³/mol. The molecule has 1 amide bonds. The fourth-order valence-corrected chi connectivity index (χ4v) is 2.40. The van der Waals surface area contributed by atoms with Crippen LogP contribution in [0.3, 0.4) is 0 Å². The van der Waals surface area contributed by atoms with Gasteiger partial charge in [-0.2, -0.15) is 5.10 Å². The lowest BCUT2D eigenvalue weighted by atomic mass is 10.1. The molecule has 3 aromatic rings. The van der Waals surface area contributed by atoms with Crippen LogP contribution in [0.5, 0.6) is 5.75 Å². The summed E-state index contributed by atoms with van der Waals surface area (Å²) in [6.45, 7) is 4.28. The second-order valence-corrected chi connectivity index (χ2v) is 5.96. The third-order valence-electron chi connectivity index (χ3n) is 4.07. The molecule has 1 aromatic heterocycles. The maximum Gasteiger partial charge on any atom is 0.271 e. The average Bonchev–Trinajstić information content (AvgIpc) is 2.70. The largest absolute Gasteiger partial charge is 0.487 e. The number of carbonyl (C=O) groups excluding carboxylic acids is 1. The molecule has 0 bridgehead atoms. The summed E-state index contributed by atoms with van der Waals surface area (Å²) < 4.78 is 5.91. The van der Waals surface area contributed by atoms with Gasteiger partial charge in [-0.15, -0.1) is 0 Å². The van der Waals surface area contributed by atoms with Gasteiger partial charge in [-0.3, -0.25) is 9.78 Å². The van der Waals surface area contributed by atoms with E-state index in [0.717, 1.165) is 34.3 Å². The Hall–Kier alpha value is -3.21. The van der Waals surface area contributed by atoms with Crippen molar-refractivity contribution in [3.63, 3.8) is 0 Å². The number of hydrazone groups is 1. The van der Waals surface area contributed by atoms with Crippen LogP contribution >= 0.6 is 0 Å². The maximum atomic E-state index is 12.0. The molecule has 0 radical (unpaired) electrons. The number of fused-ring (bicyclic) bond motifs is 1. The zero-order chi connectivity index (χ0) is 18.4. The normalized spacial score (nSPS) is 11.4. The highest BCUT2D eigenvalue weighted by Gasteiger charge is 2.06. The number of rotatable bonds is 6. The summed E-state index contributed by atoms with van der Waals surface area (Å²) in [6.07, 6.45) is 2.56. The summed E-state index contributed by atoms with van der Waals surface area (Å²) in [4.78, 5) is 16.4. The number of hydrogen-bond donors (Lipinski definition) is 1. The van der Waals surface area contributed by atoms with E-state index in [1.165, 1.54) is 0 Å². The Morgan fingerprint density at radius 1 is 1.12 bits per heavy atom. The van der Waals surface area contributed by atoms with E-state index < -0.39 is 0 Å². The lowest BCUT2D eigenvalue weighted by Gasteiger charge is -2.09. The topological polar surface area (TPSA) is 63.6 Å². The van der Waals surface area contributed by atoms with E-state index in [2.05, 4.69) is 15.5 Å². The molecule has 0 atom stereocenters. The third kappa shape index (κ3) is 4.25. The Morgan fingerprint density at radius 2 is 1.88 bits per heavy atom. The van der Waals surface area contributed by atoms with Gasteiger partial charge < -0.3 is 4.74 Å². The first-order valence-corrected chi connectivity index (χ1v) is 8.56. The highest BCUT2D eigenvalue weighted by atomic mass is 16.5.